The SMILES string of the molecule is CCOc1cc(C)ccc1C1=NC(NC)C(C(NC)C2CCCCC2)C(=O)N1. The normalized spacial score (nSPS) is 24.4. The molecular formula is C22H34N4O2. The Balaban J connectivity index is 1.91. The van der Waals surface area contributed by atoms with Crippen molar-refractivity contribution in [3.8, 4) is 5.75 Å². The Hall–Kier alpha value is -1.92. The number of hydrogen-bond acceptors (Lipinski definition) is 5. The number of nitrogens with zero attached hydrogens (tertiary/aromatic N) is 1. The van der Waals surface area contributed by atoms with Crippen LogP contribution >= 0.6 is 0 Å². The van der Waals surface area contributed by atoms with Crippen molar-refractivity contribution in [2.75, 3.05) is 20.7 Å². The number of ether oxygens (including phenoxy) is 1. The zero-order valence-electron chi connectivity index (χ0n) is 17.5. The maximum Gasteiger partial charge on any atom is 0.233 e. The quantitative estimate of drug-likeness (QED) is 0.673. The number of nitrogens with one attached hydrogen (secondary N) is 3. The first-order chi connectivity index (χ1) is 13.6. The fourth-order valence-electron chi connectivity index (χ4n) is 4.64. The molecule has 3 atom stereocenters. The highest BCUT2D eigenvalue weighted by atomic mass is 16.5. The van der Waals surface area contributed by atoms with Gasteiger partial charge in [-0.3, -0.25) is 10.1 Å². The largest absolute Gasteiger partial charge is 0.493 e. The highest BCUT2D eigenvalue weighted by Gasteiger charge is 2.41. The maximum absolute atomic E-state index is 13.2. The van der Waals surface area contributed by atoms with Crippen LogP contribution in [0.15, 0.2) is 23.2 Å². The maximum atomic E-state index is 13.2. The van der Waals surface area contributed by atoms with Gasteiger partial charge in [0.15, 0.2) is 0 Å². The Morgan fingerprint density at radius 3 is 2.64 bits per heavy atom. The number of amidine groups is 1. The molecule has 3 rings (SSSR count). The summed E-state index contributed by atoms with van der Waals surface area (Å²) < 4.78 is 5.80. The summed E-state index contributed by atoms with van der Waals surface area (Å²) in [7, 11) is 3.84. The van der Waals surface area contributed by atoms with E-state index >= 15 is 0 Å². The second kappa shape index (κ2) is 9.52. The molecule has 3 N–H and O–H groups in total. The topological polar surface area (TPSA) is 74.8 Å². The van der Waals surface area contributed by atoms with E-state index in [9.17, 15) is 4.79 Å². The number of carbonyl (C=O) groups excluding carboxylic acids is 1. The van der Waals surface area contributed by atoms with Crippen molar-refractivity contribution in [2.45, 2.75) is 58.2 Å². The summed E-state index contributed by atoms with van der Waals surface area (Å²) in [6.45, 7) is 4.56. The van der Waals surface area contributed by atoms with Crippen molar-refractivity contribution >= 4 is 11.7 Å². The van der Waals surface area contributed by atoms with E-state index in [0.29, 0.717) is 18.4 Å². The van der Waals surface area contributed by atoms with Gasteiger partial charge in [0.1, 0.15) is 17.8 Å². The lowest BCUT2D eigenvalue weighted by Gasteiger charge is -2.39. The number of aliphatic imine (C=N–C) groups is 1. The molecule has 6 nitrogen and oxygen atoms in total. The molecule has 2 aliphatic rings. The van der Waals surface area contributed by atoms with Gasteiger partial charge in [0.2, 0.25) is 5.91 Å². The predicted molar refractivity (Wildman–Crippen MR) is 113 cm³/mol. The standard InChI is InChI=1S/C22H34N4O2/c1-5-28-17-13-14(2)11-12-16(17)20-25-21(24-4)18(22(27)26-20)19(23-3)15-9-7-6-8-10-15/h11-13,15,18-19,21,23-24H,5-10H2,1-4H3,(H,25,26,27). The van der Waals surface area contributed by atoms with Crippen molar-refractivity contribution in [1.29, 1.82) is 0 Å². The van der Waals surface area contributed by atoms with Crippen LogP contribution in [0.4, 0.5) is 0 Å². The number of carbonyl (C=O) groups is 1. The molecule has 6 heteroatoms. The molecule has 1 aromatic rings. The van der Waals surface area contributed by atoms with Crippen molar-refractivity contribution in [2.24, 2.45) is 16.8 Å². The van der Waals surface area contributed by atoms with Gasteiger partial charge in [-0.2, -0.15) is 0 Å². The predicted octanol–water partition coefficient (Wildman–Crippen LogP) is 2.60. The first-order valence-electron chi connectivity index (χ1n) is 10.6. The van der Waals surface area contributed by atoms with Crippen LogP contribution in [-0.4, -0.2) is 44.7 Å². The number of aryl methyl sites for hydroxylation is 1. The zero-order valence-corrected chi connectivity index (χ0v) is 17.5. The minimum Gasteiger partial charge on any atom is -0.493 e. The van der Waals surface area contributed by atoms with Crippen LogP contribution < -0.4 is 20.7 Å². The second-order valence-electron chi connectivity index (χ2n) is 7.87. The summed E-state index contributed by atoms with van der Waals surface area (Å²) in [5, 5.41) is 9.78. The molecule has 1 aliphatic heterocycles. The molecule has 0 radical (unpaired) electrons. The molecular weight excluding hydrogens is 352 g/mol. The number of amides is 1. The average Bonchev–Trinajstić information content (AvgIpc) is 2.70. The lowest BCUT2D eigenvalue weighted by Crippen LogP contribution is -2.59. The molecule has 0 saturated heterocycles. The monoisotopic (exact) mass is 386 g/mol. The molecule has 1 saturated carbocycles. The Morgan fingerprint density at radius 1 is 1.25 bits per heavy atom. The van der Waals surface area contributed by atoms with Crippen LogP contribution in [-0.2, 0) is 4.79 Å². The fraction of sp³-hybridized carbons (Fsp3) is 0.636. The van der Waals surface area contributed by atoms with Crippen molar-refractivity contribution < 1.29 is 9.53 Å². The molecule has 1 heterocycles. The van der Waals surface area contributed by atoms with Crippen LogP contribution in [0, 0.1) is 18.8 Å². The molecule has 28 heavy (non-hydrogen) atoms. The van der Waals surface area contributed by atoms with E-state index in [1.165, 1.54) is 32.1 Å². The molecule has 0 bridgehead atoms. The summed E-state index contributed by atoms with van der Waals surface area (Å²) >= 11 is 0. The van der Waals surface area contributed by atoms with Crippen molar-refractivity contribution in [3.05, 3.63) is 29.3 Å². The van der Waals surface area contributed by atoms with Crippen LogP contribution in [0.2, 0.25) is 0 Å². The van der Waals surface area contributed by atoms with E-state index in [1.807, 2.05) is 46.1 Å². The third-order valence-electron chi connectivity index (χ3n) is 6.02. The van der Waals surface area contributed by atoms with E-state index in [1.54, 1.807) is 0 Å². The third-order valence-corrected chi connectivity index (χ3v) is 6.02. The van der Waals surface area contributed by atoms with E-state index in [-0.39, 0.29) is 24.0 Å². The number of hydrogen-bond donors (Lipinski definition) is 3. The van der Waals surface area contributed by atoms with Crippen LogP contribution in [0.3, 0.4) is 0 Å². The van der Waals surface area contributed by atoms with Gasteiger partial charge >= 0.3 is 0 Å². The van der Waals surface area contributed by atoms with Crippen molar-refractivity contribution in [1.82, 2.24) is 16.0 Å². The van der Waals surface area contributed by atoms with Gasteiger partial charge in [0.05, 0.1) is 18.1 Å². The van der Waals surface area contributed by atoms with E-state index in [2.05, 4.69) is 16.0 Å². The summed E-state index contributed by atoms with van der Waals surface area (Å²) in [6.07, 6.45) is 5.88. The Labute approximate surface area is 168 Å². The molecule has 1 aromatic carbocycles. The number of benzene rings is 1. The van der Waals surface area contributed by atoms with Gasteiger partial charge in [0.25, 0.3) is 0 Å². The number of rotatable bonds is 7. The zero-order chi connectivity index (χ0) is 20.1. The van der Waals surface area contributed by atoms with Crippen LogP contribution in [0.1, 0.15) is 50.2 Å². The van der Waals surface area contributed by atoms with Crippen LogP contribution in [0.5, 0.6) is 5.75 Å². The average molecular weight is 387 g/mol. The van der Waals surface area contributed by atoms with Gasteiger partial charge in [-0.25, -0.2) is 4.99 Å². The lowest BCUT2D eigenvalue weighted by molar-refractivity contribution is -0.126. The molecule has 3 unspecified atom stereocenters. The Bertz CT molecular complexity index is 712. The van der Waals surface area contributed by atoms with Gasteiger partial charge in [-0.05, 0) is 64.4 Å². The first-order valence-corrected chi connectivity index (χ1v) is 10.6. The van der Waals surface area contributed by atoms with Gasteiger partial charge in [-0.15, -0.1) is 0 Å². The van der Waals surface area contributed by atoms with E-state index < -0.39 is 0 Å². The Morgan fingerprint density at radius 2 is 2.00 bits per heavy atom. The van der Waals surface area contributed by atoms with E-state index in [4.69, 9.17) is 9.73 Å². The summed E-state index contributed by atoms with van der Waals surface area (Å²) in [5.74, 6) is 1.65. The molecule has 1 aliphatic carbocycles. The fourth-order valence-corrected chi connectivity index (χ4v) is 4.64. The third kappa shape index (κ3) is 4.39. The molecule has 0 spiro atoms. The summed E-state index contributed by atoms with van der Waals surface area (Å²) in [6, 6.07) is 6.11. The van der Waals surface area contributed by atoms with Gasteiger partial charge in [-0.1, -0.05) is 25.3 Å². The van der Waals surface area contributed by atoms with E-state index in [0.717, 1.165) is 16.9 Å². The minimum absolute atomic E-state index is 0.0253. The highest BCUT2D eigenvalue weighted by molar-refractivity contribution is 6.11. The lowest BCUT2D eigenvalue weighted by atomic mass is 9.77. The minimum atomic E-state index is -0.265. The molecule has 1 fully saturated rings. The first kappa shape index (κ1) is 20.8. The van der Waals surface area contributed by atoms with Crippen molar-refractivity contribution in [3.63, 3.8) is 0 Å². The molecule has 154 valence electrons. The smallest absolute Gasteiger partial charge is 0.233 e. The van der Waals surface area contributed by atoms with Crippen LogP contribution in [0.25, 0.3) is 0 Å². The highest BCUT2D eigenvalue weighted by Crippen LogP contribution is 2.32. The van der Waals surface area contributed by atoms with Gasteiger partial charge in [0, 0.05) is 6.04 Å². The second-order valence-corrected chi connectivity index (χ2v) is 7.87. The summed E-state index contributed by atoms with van der Waals surface area (Å²) in [5.41, 5.74) is 1.95. The molecule has 1 amide bonds. The van der Waals surface area contributed by atoms with Gasteiger partial charge < -0.3 is 15.4 Å². The summed E-state index contributed by atoms with van der Waals surface area (Å²) in [4.78, 5) is 18.1. The Kier molecular flexibility index (Phi) is 7.08. The molecule has 0 aromatic heterocycles.